The molecule has 0 amide bonds. The maximum absolute atomic E-state index is 11.4. The molecule has 1 rings (SSSR count). The standard InChI is InChI=1S/C15H29NO2/c1-6-15(3,4)12-7-9-13(10-8-12)16-11(2)14(17)18-5/h11-13,16H,6-10H2,1-5H3. The van der Waals surface area contributed by atoms with E-state index in [1.54, 1.807) is 0 Å². The summed E-state index contributed by atoms with van der Waals surface area (Å²) >= 11 is 0. The first-order valence-corrected chi connectivity index (χ1v) is 7.24. The number of esters is 1. The van der Waals surface area contributed by atoms with Crippen molar-refractivity contribution >= 4 is 5.97 Å². The number of methoxy groups -OCH3 is 1. The Morgan fingerprint density at radius 3 is 2.33 bits per heavy atom. The van der Waals surface area contributed by atoms with Crippen LogP contribution < -0.4 is 5.32 Å². The van der Waals surface area contributed by atoms with Crippen LogP contribution in [0, 0.1) is 11.3 Å². The van der Waals surface area contributed by atoms with Crippen LogP contribution in [-0.4, -0.2) is 25.2 Å². The van der Waals surface area contributed by atoms with E-state index in [4.69, 9.17) is 4.74 Å². The molecule has 1 atom stereocenters. The van der Waals surface area contributed by atoms with Gasteiger partial charge in [0.15, 0.2) is 0 Å². The highest BCUT2D eigenvalue weighted by atomic mass is 16.5. The zero-order valence-electron chi connectivity index (χ0n) is 12.6. The number of carbonyl (C=O) groups is 1. The number of nitrogens with one attached hydrogen (secondary N) is 1. The average molecular weight is 255 g/mol. The summed E-state index contributed by atoms with van der Waals surface area (Å²) in [6.07, 6.45) is 6.14. The zero-order chi connectivity index (χ0) is 13.8. The molecule has 0 bridgehead atoms. The van der Waals surface area contributed by atoms with Gasteiger partial charge in [0.1, 0.15) is 6.04 Å². The highest BCUT2D eigenvalue weighted by Gasteiger charge is 2.32. The van der Waals surface area contributed by atoms with Crippen LogP contribution >= 0.6 is 0 Å². The van der Waals surface area contributed by atoms with Crippen LogP contribution in [0.25, 0.3) is 0 Å². The predicted octanol–water partition coefficient (Wildman–Crippen LogP) is 3.13. The second kappa shape index (κ2) is 6.55. The van der Waals surface area contributed by atoms with Crippen molar-refractivity contribution in [2.45, 2.75) is 71.9 Å². The van der Waals surface area contributed by atoms with Gasteiger partial charge in [-0.25, -0.2) is 0 Å². The maximum Gasteiger partial charge on any atom is 0.322 e. The number of hydrogen-bond donors (Lipinski definition) is 1. The minimum atomic E-state index is -0.185. The largest absolute Gasteiger partial charge is 0.468 e. The molecule has 106 valence electrons. The lowest BCUT2D eigenvalue weighted by molar-refractivity contribution is -0.142. The molecule has 1 aliphatic carbocycles. The summed E-state index contributed by atoms with van der Waals surface area (Å²) in [6.45, 7) is 8.92. The van der Waals surface area contributed by atoms with Gasteiger partial charge in [-0.15, -0.1) is 0 Å². The second-order valence-electron chi connectivity index (χ2n) is 6.30. The van der Waals surface area contributed by atoms with Crippen molar-refractivity contribution in [3.63, 3.8) is 0 Å². The van der Waals surface area contributed by atoms with Gasteiger partial charge < -0.3 is 10.1 Å². The fourth-order valence-electron chi connectivity index (χ4n) is 2.93. The number of ether oxygens (including phenoxy) is 1. The van der Waals surface area contributed by atoms with Gasteiger partial charge in [0, 0.05) is 6.04 Å². The predicted molar refractivity (Wildman–Crippen MR) is 74.4 cm³/mol. The summed E-state index contributed by atoms with van der Waals surface area (Å²) in [7, 11) is 1.45. The van der Waals surface area contributed by atoms with E-state index in [-0.39, 0.29) is 12.0 Å². The topological polar surface area (TPSA) is 38.3 Å². The summed E-state index contributed by atoms with van der Waals surface area (Å²) in [6, 6.07) is 0.291. The van der Waals surface area contributed by atoms with Crippen LogP contribution in [0.3, 0.4) is 0 Å². The molecular weight excluding hydrogens is 226 g/mol. The van der Waals surface area contributed by atoms with Crippen molar-refractivity contribution in [1.82, 2.24) is 5.32 Å². The Labute approximate surface area is 112 Å². The Balaban J connectivity index is 2.38. The molecule has 1 N–H and O–H groups in total. The molecule has 1 unspecified atom stereocenters. The van der Waals surface area contributed by atoms with Crippen molar-refractivity contribution in [3.8, 4) is 0 Å². The first kappa shape index (κ1) is 15.5. The summed E-state index contributed by atoms with van der Waals surface area (Å²) in [4.78, 5) is 11.4. The molecule has 0 heterocycles. The molecular formula is C15H29NO2. The van der Waals surface area contributed by atoms with Crippen molar-refractivity contribution in [2.24, 2.45) is 11.3 Å². The van der Waals surface area contributed by atoms with E-state index in [1.807, 2.05) is 6.92 Å². The maximum atomic E-state index is 11.4. The highest BCUT2D eigenvalue weighted by Crippen LogP contribution is 2.40. The van der Waals surface area contributed by atoms with Gasteiger partial charge in [-0.3, -0.25) is 4.79 Å². The number of rotatable bonds is 5. The number of hydrogen-bond acceptors (Lipinski definition) is 3. The summed E-state index contributed by atoms with van der Waals surface area (Å²) in [5.74, 6) is 0.667. The van der Waals surface area contributed by atoms with Gasteiger partial charge in [0.05, 0.1) is 7.11 Å². The zero-order valence-corrected chi connectivity index (χ0v) is 12.6. The van der Waals surface area contributed by atoms with Gasteiger partial charge in [-0.05, 0) is 43.9 Å². The third kappa shape index (κ3) is 3.98. The molecule has 0 aromatic rings. The van der Waals surface area contributed by atoms with E-state index in [9.17, 15) is 4.79 Å². The summed E-state index contributed by atoms with van der Waals surface area (Å²) in [5.41, 5.74) is 0.457. The van der Waals surface area contributed by atoms with E-state index in [0.29, 0.717) is 11.5 Å². The van der Waals surface area contributed by atoms with Gasteiger partial charge in [-0.1, -0.05) is 27.2 Å². The van der Waals surface area contributed by atoms with Crippen LogP contribution in [-0.2, 0) is 9.53 Å². The van der Waals surface area contributed by atoms with E-state index in [1.165, 1.54) is 39.2 Å². The summed E-state index contributed by atoms with van der Waals surface area (Å²) in [5, 5.41) is 3.38. The van der Waals surface area contributed by atoms with Gasteiger partial charge in [-0.2, -0.15) is 0 Å². The molecule has 0 aromatic carbocycles. The van der Waals surface area contributed by atoms with Crippen molar-refractivity contribution < 1.29 is 9.53 Å². The first-order chi connectivity index (χ1) is 8.40. The molecule has 0 radical (unpaired) electrons. The van der Waals surface area contributed by atoms with Crippen LogP contribution in [0.5, 0.6) is 0 Å². The monoisotopic (exact) mass is 255 g/mol. The third-order valence-electron chi connectivity index (χ3n) is 4.78. The lowest BCUT2D eigenvalue weighted by Crippen LogP contribution is -2.44. The minimum absolute atomic E-state index is 0.161. The molecule has 3 nitrogen and oxygen atoms in total. The van der Waals surface area contributed by atoms with Gasteiger partial charge in [0.25, 0.3) is 0 Å². The Hall–Kier alpha value is -0.570. The summed E-state index contributed by atoms with van der Waals surface area (Å²) < 4.78 is 4.74. The van der Waals surface area contributed by atoms with Crippen molar-refractivity contribution in [3.05, 3.63) is 0 Å². The normalized spacial score (nSPS) is 26.7. The molecule has 0 saturated heterocycles. The Morgan fingerprint density at radius 2 is 1.89 bits per heavy atom. The smallest absolute Gasteiger partial charge is 0.322 e. The SMILES string of the molecule is CCC(C)(C)C1CCC(NC(C)C(=O)OC)CC1. The van der Waals surface area contributed by atoms with E-state index in [0.717, 1.165) is 5.92 Å². The Morgan fingerprint density at radius 1 is 1.33 bits per heavy atom. The highest BCUT2D eigenvalue weighted by molar-refractivity contribution is 5.75. The Bertz CT molecular complexity index is 268. The molecule has 0 spiro atoms. The van der Waals surface area contributed by atoms with Crippen LogP contribution in [0.2, 0.25) is 0 Å². The van der Waals surface area contributed by atoms with E-state index < -0.39 is 0 Å². The first-order valence-electron chi connectivity index (χ1n) is 7.24. The van der Waals surface area contributed by atoms with Crippen LogP contribution in [0.4, 0.5) is 0 Å². The molecule has 3 heteroatoms. The van der Waals surface area contributed by atoms with E-state index >= 15 is 0 Å². The molecule has 1 saturated carbocycles. The fraction of sp³-hybridized carbons (Fsp3) is 0.933. The van der Waals surface area contributed by atoms with Gasteiger partial charge in [0.2, 0.25) is 0 Å². The lowest BCUT2D eigenvalue weighted by Gasteiger charge is -2.39. The molecule has 1 fully saturated rings. The third-order valence-corrected chi connectivity index (χ3v) is 4.78. The minimum Gasteiger partial charge on any atom is -0.468 e. The van der Waals surface area contributed by atoms with Crippen molar-refractivity contribution in [1.29, 1.82) is 0 Å². The Kier molecular flexibility index (Phi) is 5.64. The molecule has 0 aromatic heterocycles. The quantitative estimate of drug-likeness (QED) is 0.767. The number of carbonyl (C=O) groups excluding carboxylic acids is 1. The fourth-order valence-corrected chi connectivity index (χ4v) is 2.93. The van der Waals surface area contributed by atoms with Crippen LogP contribution in [0.15, 0.2) is 0 Å². The molecule has 18 heavy (non-hydrogen) atoms. The molecule has 0 aliphatic heterocycles. The molecule has 1 aliphatic rings. The van der Waals surface area contributed by atoms with Crippen molar-refractivity contribution in [2.75, 3.05) is 7.11 Å². The lowest BCUT2D eigenvalue weighted by atomic mass is 9.69. The average Bonchev–Trinajstić information content (AvgIpc) is 2.38. The van der Waals surface area contributed by atoms with E-state index in [2.05, 4.69) is 26.1 Å². The van der Waals surface area contributed by atoms with Crippen LogP contribution in [0.1, 0.15) is 59.8 Å². The van der Waals surface area contributed by atoms with Gasteiger partial charge >= 0.3 is 5.97 Å². The second-order valence-corrected chi connectivity index (χ2v) is 6.30.